The second kappa shape index (κ2) is 8.79. The van der Waals surface area contributed by atoms with E-state index >= 15 is 0 Å². The van der Waals surface area contributed by atoms with Crippen LogP contribution in [-0.4, -0.2) is 32.2 Å². The summed E-state index contributed by atoms with van der Waals surface area (Å²) in [4.78, 5) is 12.4. The van der Waals surface area contributed by atoms with Gasteiger partial charge in [-0.2, -0.15) is 4.31 Å². The van der Waals surface area contributed by atoms with Gasteiger partial charge < -0.3 is 5.32 Å². The summed E-state index contributed by atoms with van der Waals surface area (Å²) >= 11 is 3.34. The SMILES string of the molecule is CCC(C)c1ccc(S(=O)(=O)N(C)CC(=O)Nc2ccccc2Br)cc1. The van der Waals surface area contributed by atoms with Crippen LogP contribution in [0.2, 0.25) is 0 Å². The average molecular weight is 439 g/mol. The molecule has 0 fully saturated rings. The van der Waals surface area contributed by atoms with Crippen molar-refractivity contribution in [2.24, 2.45) is 0 Å². The molecule has 5 nitrogen and oxygen atoms in total. The molecule has 7 heteroatoms. The van der Waals surface area contributed by atoms with Gasteiger partial charge in [-0.05, 0) is 58.1 Å². The summed E-state index contributed by atoms with van der Waals surface area (Å²) < 4.78 is 27.1. The Balaban J connectivity index is 2.08. The molecule has 0 aliphatic heterocycles. The number of anilines is 1. The van der Waals surface area contributed by atoms with Crippen LogP contribution in [0.15, 0.2) is 57.9 Å². The topological polar surface area (TPSA) is 66.5 Å². The molecule has 0 saturated carbocycles. The van der Waals surface area contributed by atoms with E-state index < -0.39 is 15.9 Å². The molecule has 0 radical (unpaired) electrons. The van der Waals surface area contributed by atoms with Gasteiger partial charge in [0.25, 0.3) is 0 Å². The van der Waals surface area contributed by atoms with E-state index in [4.69, 9.17) is 0 Å². The molecule has 1 atom stereocenters. The van der Waals surface area contributed by atoms with E-state index in [-0.39, 0.29) is 11.4 Å². The number of carbonyl (C=O) groups excluding carboxylic acids is 1. The summed E-state index contributed by atoms with van der Waals surface area (Å²) in [5.41, 5.74) is 1.70. The maximum Gasteiger partial charge on any atom is 0.243 e. The Morgan fingerprint density at radius 3 is 2.35 bits per heavy atom. The van der Waals surface area contributed by atoms with Gasteiger partial charge in [0.2, 0.25) is 15.9 Å². The number of amides is 1. The first-order valence-electron chi connectivity index (χ1n) is 8.36. The molecule has 140 valence electrons. The molecule has 26 heavy (non-hydrogen) atoms. The van der Waals surface area contributed by atoms with Gasteiger partial charge in [0.05, 0.1) is 17.1 Å². The van der Waals surface area contributed by atoms with Crippen LogP contribution in [0, 0.1) is 0 Å². The summed E-state index contributed by atoms with van der Waals surface area (Å²) in [6, 6.07) is 14.0. The number of carbonyl (C=O) groups is 1. The van der Waals surface area contributed by atoms with Gasteiger partial charge in [0, 0.05) is 11.5 Å². The lowest BCUT2D eigenvalue weighted by Crippen LogP contribution is -2.35. The van der Waals surface area contributed by atoms with Crippen LogP contribution < -0.4 is 5.32 Å². The van der Waals surface area contributed by atoms with E-state index in [1.165, 1.54) is 7.05 Å². The van der Waals surface area contributed by atoms with Crippen molar-refractivity contribution >= 4 is 37.5 Å². The lowest BCUT2D eigenvalue weighted by Gasteiger charge is -2.18. The van der Waals surface area contributed by atoms with E-state index in [0.29, 0.717) is 11.6 Å². The van der Waals surface area contributed by atoms with Gasteiger partial charge in [0.15, 0.2) is 0 Å². The molecule has 0 spiro atoms. The lowest BCUT2D eigenvalue weighted by atomic mass is 9.99. The molecule has 0 aliphatic rings. The zero-order chi connectivity index (χ0) is 19.3. The first-order valence-corrected chi connectivity index (χ1v) is 10.6. The van der Waals surface area contributed by atoms with Crippen LogP contribution in [0.5, 0.6) is 0 Å². The van der Waals surface area contributed by atoms with Crippen molar-refractivity contribution in [2.75, 3.05) is 18.9 Å². The largest absolute Gasteiger partial charge is 0.324 e. The fraction of sp³-hybridized carbons (Fsp3) is 0.316. The summed E-state index contributed by atoms with van der Waals surface area (Å²) in [7, 11) is -2.32. The fourth-order valence-electron chi connectivity index (χ4n) is 2.42. The first kappa shape index (κ1) is 20.6. The van der Waals surface area contributed by atoms with Crippen molar-refractivity contribution in [3.8, 4) is 0 Å². The third-order valence-corrected chi connectivity index (χ3v) is 6.79. The van der Waals surface area contributed by atoms with Crippen molar-refractivity contribution in [2.45, 2.75) is 31.1 Å². The van der Waals surface area contributed by atoms with Crippen LogP contribution in [0.3, 0.4) is 0 Å². The van der Waals surface area contributed by atoms with Crippen molar-refractivity contribution in [1.82, 2.24) is 4.31 Å². The van der Waals surface area contributed by atoms with E-state index in [1.54, 1.807) is 30.3 Å². The zero-order valence-electron chi connectivity index (χ0n) is 15.1. The van der Waals surface area contributed by atoms with Crippen LogP contribution in [0.4, 0.5) is 5.69 Å². The molecule has 0 aromatic heterocycles. The number of likely N-dealkylation sites (N-methyl/N-ethyl adjacent to an activating group) is 1. The second-order valence-corrected chi connectivity index (χ2v) is 9.07. The van der Waals surface area contributed by atoms with Gasteiger partial charge in [0.1, 0.15) is 0 Å². The number of rotatable bonds is 7. The van der Waals surface area contributed by atoms with E-state index in [9.17, 15) is 13.2 Å². The Morgan fingerprint density at radius 1 is 1.15 bits per heavy atom. The Hall–Kier alpha value is -1.70. The minimum absolute atomic E-state index is 0.181. The number of hydrogen-bond acceptors (Lipinski definition) is 3. The average Bonchev–Trinajstić information content (AvgIpc) is 2.63. The number of nitrogens with one attached hydrogen (secondary N) is 1. The number of benzene rings is 2. The Kier molecular flexibility index (Phi) is 6.97. The van der Waals surface area contributed by atoms with Gasteiger partial charge in [-0.25, -0.2) is 8.42 Å². The minimum Gasteiger partial charge on any atom is -0.324 e. The number of sulfonamides is 1. The number of hydrogen-bond donors (Lipinski definition) is 1. The van der Waals surface area contributed by atoms with Crippen LogP contribution >= 0.6 is 15.9 Å². The lowest BCUT2D eigenvalue weighted by molar-refractivity contribution is -0.116. The highest BCUT2D eigenvalue weighted by molar-refractivity contribution is 9.10. The molecule has 2 aromatic rings. The fourth-order valence-corrected chi connectivity index (χ4v) is 3.93. The van der Waals surface area contributed by atoms with Gasteiger partial charge >= 0.3 is 0 Å². The van der Waals surface area contributed by atoms with Gasteiger partial charge in [-0.3, -0.25) is 4.79 Å². The van der Waals surface area contributed by atoms with E-state index in [0.717, 1.165) is 20.8 Å². The predicted octanol–water partition coefficient (Wildman–Crippen LogP) is 4.22. The van der Waals surface area contributed by atoms with Crippen LogP contribution in [0.1, 0.15) is 31.7 Å². The maximum atomic E-state index is 12.7. The van der Waals surface area contributed by atoms with Crippen molar-refractivity contribution in [3.05, 3.63) is 58.6 Å². The molecule has 1 unspecified atom stereocenters. The van der Waals surface area contributed by atoms with Crippen LogP contribution in [0.25, 0.3) is 0 Å². The van der Waals surface area contributed by atoms with Gasteiger partial charge in [-0.1, -0.05) is 38.1 Å². The Bertz CT molecular complexity index is 867. The smallest absolute Gasteiger partial charge is 0.243 e. The van der Waals surface area contributed by atoms with E-state index in [2.05, 4.69) is 35.1 Å². The monoisotopic (exact) mass is 438 g/mol. The molecule has 0 aliphatic carbocycles. The predicted molar refractivity (Wildman–Crippen MR) is 108 cm³/mol. The molecular weight excluding hydrogens is 416 g/mol. The summed E-state index contributed by atoms with van der Waals surface area (Å²) in [6.07, 6.45) is 0.987. The van der Waals surface area contributed by atoms with Crippen molar-refractivity contribution in [3.63, 3.8) is 0 Å². The number of para-hydroxylation sites is 1. The third kappa shape index (κ3) is 4.93. The summed E-state index contributed by atoms with van der Waals surface area (Å²) in [6.45, 7) is 3.92. The minimum atomic E-state index is -3.72. The molecule has 2 aromatic carbocycles. The molecule has 1 amide bonds. The molecule has 0 bridgehead atoms. The normalized spacial score (nSPS) is 12.8. The van der Waals surface area contributed by atoms with Crippen molar-refractivity contribution in [1.29, 1.82) is 0 Å². The molecule has 0 saturated heterocycles. The highest BCUT2D eigenvalue weighted by Crippen LogP contribution is 2.23. The first-order chi connectivity index (χ1) is 12.3. The Morgan fingerprint density at radius 2 is 1.77 bits per heavy atom. The molecule has 1 N–H and O–H groups in total. The number of nitrogens with zero attached hydrogens (tertiary/aromatic N) is 1. The summed E-state index contributed by atoms with van der Waals surface area (Å²) in [5.74, 6) is -0.0289. The molecular formula is C19H23BrN2O3S. The van der Waals surface area contributed by atoms with Crippen LogP contribution in [-0.2, 0) is 14.8 Å². The zero-order valence-corrected chi connectivity index (χ0v) is 17.5. The quantitative estimate of drug-likeness (QED) is 0.703. The molecule has 0 heterocycles. The highest BCUT2D eigenvalue weighted by atomic mass is 79.9. The highest BCUT2D eigenvalue weighted by Gasteiger charge is 2.23. The second-order valence-electron chi connectivity index (χ2n) is 6.17. The van der Waals surface area contributed by atoms with Crippen molar-refractivity contribution < 1.29 is 13.2 Å². The Labute approximate surface area is 163 Å². The summed E-state index contributed by atoms with van der Waals surface area (Å²) in [5, 5.41) is 2.70. The standard InChI is InChI=1S/C19H23BrN2O3S/c1-4-14(2)15-9-11-16(12-10-15)26(24,25)22(3)13-19(23)21-18-8-6-5-7-17(18)20/h5-12,14H,4,13H2,1-3H3,(H,21,23). The third-order valence-electron chi connectivity index (χ3n) is 4.28. The van der Waals surface area contributed by atoms with E-state index in [1.807, 2.05) is 18.2 Å². The molecule has 2 rings (SSSR count). The number of halogens is 1. The van der Waals surface area contributed by atoms with Gasteiger partial charge in [-0.15, -0.1) is 0 Å². The maximum absolute atomic E-state index is 12.7.